The molecule has 1 N–H and O–H groups in total. The molecule has 0 aliphatic carbocycles. The van der Waals surface area contributed by atoms with Crippen molar-refractivity contribution in [3.05, 3.63) is 99.6 Å². The van der Waals surface area contributed by atoms with E-state index in [1.807, 2.05) is 82.3 Å². The second-order valence-corrected chi connectivity index (χ2v) is 8.53. The Balaban J connectivity index is 2.04. The Labute approximate surface area is 193 Å². The minimum Gasteiger partial charge on any atom is -0.507 e. The fourth-order valence-electron chi connectivity index (χ4n) is 4.62. The number of aliphatic hydroxyl groups excluding tert-OH is 1. The average molecular weight is 442 g/mol. The number of amides is 1. The van der Waals surface area contributed by atoms with E-state index in [4.69, 9.17) is 4.74 Å². The zero-order valence-electron chi connectivity index (χ0n) is 19.5. The third-order valence-electron chi connectivity index (χ3n) is 6.06. The van der Waals surface area contributed by atoms with E-state index in [1.54, 1.807) is 6.07 Å². The zero-order valence-corrected chi connectivity index (χ0v) is 19.5. The summed E-state index contributed by atoms with van der Waals surface area (Å²) < 4.78 is 5.56. The minimum atomic E-state index is -0.767. The normalized spacial score (nSPS) is 17.5. The van der Waals surface area contributed by atoms with Crippen LogP contribution in [-0.2, 0) is 9.59 Å². The molecule has 1 aliphatic heterocycles. The fourth-order valence-corrected chi connectivity index (χ4v) is 4.62. The van der Waals surface area contributed by atoms with Crippen LogP contribution in [0.5, 0.6) is 5.75 Å². The van der Waals surface area contributed by atoms with Crippen LogP contribution in [0.25, 0.3) is 5.76 Å². The smallest absolute Gasteiger partial charge is 0.300 e. The van der Waals surface area contributed by atoms with Crippen LogP contribution in [0.15, 0.2) is 66.2 Å². The first kappa shape index (κ1) is 22.3. The van der Waals surface area contributed by atoms with E-state index in [9.17, 15) is 14.7 Å². The molecule has 0 saturated carbocycles. The van der Waals surface area contributed by atoms with Crippen molar-refractivity contribution in [2.45, 2.75) is 33.7 Å². The number of methoxy groups -OCH3 is 1. The van der Waals surface area contributed by atoms with Gasteiger partial charge in [0, 0.05) is 5.69 Å². The van der Waals surface area contributed by atoms with Crippen molar-refractivity contribution in [2.24, 2.45) is 0 Å². The van der Waals surface area contributed by atoms with Gasteiger partial charge in [0.1, 0.15) is 11.5 Å². The molecule has 33 heavy (non-hydrogen) atoms. The summed E-state index contributed by atoms with van der Waals surface area (Å²) in [6.07, 6.45) is 0. The number of para-hydroxylation sites is 1. The quantitative estimate of drug-likeness (QED) is 0.327. The van der Waals surface area contributed by atoms with Crippen molar-refractivity contribution in [2.75, 3.05) is 12.0 Å². The van der Waals surface area contributed by atoms with Gasteiger partial charge in [0.25, 0.3) is 11.7 Å². The lowest BCUT2D eigenvalue weighted by atomic mass is 9.92. The first-order chi connectivity index (χ1) is 15.7. The Morgan fingerprint density at radius 1 is 0.879 bits per heavy atom. The van der Waals surface area contributed by atoms with Crippen LogP contribution in [0.4, 0.5) is 5.69 Å². The maximum Gasteiger partial charge on any atom is 0.300 e. The molecule has 168 valence electrons. The molecule has 1 unspecified atom stereocenters. The molecule has 4 rings (SSSR count). The number of carbonyl (C=O) groups excluding carboxylic acids is 2. The van der Waals surface area contributed by atoms with E-state index in [1.165, 1.54) is 12.0 Å². The standard InChI is InChI=1S/C28H27NO4/c1-16-9-8-11-20(14-16)24-23(25(30)21-15-17(2)13-19(4)27(21)33-5)26(31)28(32)29(24)22-12-7-6-10-18(22)3/h6-15,24,30H,1-5H3/b25-23+. The predicted octanol–water partition coefficient (Wildman–Crippen LogP) is 5.56. The lowest BCUT2D eigenvalue weighted by Crippen LogP contribution is -2.30. The first-order valence-electron chi connectivity index (χ1n) is 10.8. The first-order valence-corrected chi connectivity index (χ1v) is 10.8. The molecule has 5 heteroatoms. The van der Waals surface area contributed by atoms with Crippen LogP contribution in [0.2, 0.25) is 0 Å². The van der Waals surface area contributed by atoms with Gasteiger partial charge in [-0.1, -0.05) is 54.1 Å². The molecule has 1 fully saturated rings. The van der Waals surface area contributed by atoms with Crippen molar-refractivity contribution >= 4 is 23.1 Å². The summed E-state index contributed by atoms with van der Waals surface area (Å²) in [4.78, 5) is 28.3. The Morgan fingerprint density at radius 2 is 1.61 bits per heavy atom. The number of hydrogen-bond donors (Lipinski definition) is 1. The number of ketones is 1. The molecule has 0 spiro atoms. The third kappa shape index (κ3) is 3.80. The summed E-state index contributed by atoms with van der Waals surface area (Å²) in [6, 6.07) is 18.0. The van der Waals surface area contributed by atoms with E-state index in [0.29, 0.717) is 17.0 Å². The van der Waals surface area contributed by atoms with Gasteiger partial charge in [0.15, 0.2) is 0 Å². The number of aryl methyl sites for hydroxylation is 4. The number of ether oxygens (including phenoxy) is 1. The zero-order chi connectivity index (χ0) is 23.9. The van der Waals surface area contributed by atoms with Crippen LogP contribution >= 0.6 is 0 Å². The van der Waals surface area contributed by atoms with E-state index in [2.05, 4.69) is 0 Å². The molecule has 1 atom stereocenters. The largest absolute Gasteiger partial charge is 0.507 e. The number of hydrogen-bond acceptors (Lipinski definition) is 4. The monoisotopic (exact) mass is 441 g/mol. The van der Waals surface area contributed by atoms with Crippen LogP contribution in [0.1, 0.15) is 39.4 Å². The lowest BCUT2D eigenvalue weighted by Gasteiger charge is -2.27. The second kappa shape index (κ2) is 8.58. The van der Waals surface area contributed by atoms with Crippen LogP contribution in [-0.4, -0.2) is 23.9 Å². The van der Waals surface area contributed by atoms with E-state index in [-0.39, 0.29) is 11.3 Å². The highest BCUT2D eigenvalue weighted by molar-refractivity contribution is 6.51. The van der Waals surface area contributed by atoms with Crippen molar-refractivity contribution in [1.82, 2.24) is 0 Å². The molecule has 5 nitrogen and oxygen atoms in total. The Bertz CT molecular complexity index is 1300. The van der Waals surface area contributed by atoms with Gasteiger partial charge in [-0.3, -0.25) is 14.5 Å². The molecular weight excluding hydrogens is 414 g/mol. The third-order valence-corrected chi connectivity index (χ3v) is 6.06. The summed E-state index contributed by atoms with van der Waals surface area (Å²) in [7, 11) is 1.53. The Hall–Kier alpha value is -3.86. The number of anilines is 1. The predicted molar refractivity (Wildman–Crippen MR) is 130 cm³/mol. The van der Waals surface area contributed by atoms with Crippen molar-refractivity contribution in [3.63, 3.8) is 0 Å². The highest BCUT2D eigenvalue weighted by Gasteiger charge is 2.47. The molecule has 3 aromatic rings. The second-order valence-electron chi connectivity index (χ2n) is 8.53. The SMILES string of the molecule is COc1c(C)cc(C)cc1/C(O)=C1\C(=O)C(=O)N(c2ccccc2C)C1c1cccc(C)c1. The summed E-state index contributed by atoms with van der Waals surface area (Å²) in [5.74, 6) is -1.15. The minimum absolute atomic E-state index is 0.0529. The molecular formula is C28H27NO4. The van der Waals surface area contributed by atoms with Gasteiger partial charge in [-0.05, 0) is 62.1 Å². The Morgan fingerprint density at radius 3 is 2.27 bits per heavy atom. The fraction of sp³-hybridized carbons (Fsp3) is 0.214. The van der Waals surface area contributed by atoms with Gasteiger partial charge in [-0.15, -0.1) is 0 Å². The van der Waals surface area contributed by atoms with Gasteiger partial charge in [-0.2, -0.15) is 0 Å². The maximum absolute atomic E-state index is 13.4. The number of benzene rings is 3. The number of rotatable bonds is 4. The number of aliphatic hydroxyl groups is 1. The van der Waals surface area contributed by atoms with Crippen LogP contribution in [0, 0.1) is 27.7 Å². The highest BCUT2D eigenvalue weighted by atomic mass is 16.5. The summed E-state index contributed by atoms with van der Waals surface area (Å²) in [6.45, 7) is 7.64. The van der Waals surface area contributed by atoms with Gasteiger partial charge < -0.3 is 9.84 Å². The van der Waals surface area contributed by atoms with Crippen LogP contribution in [0.3, 0.4) is 0 Å². The van der Waals surface area contributed by atoms with Crippen molar-refractivity contribution in [1.29, 1.82) is 0 Å². The topological polar surface area (TPSA) is 66.8 Å². The molecule has 0 aromatic heterocycles. The summed E-state index contributed by atoms with van der Waals surface area (Å²) in [5.41, 5.74) is 5.44. The number of Topliss-reactive ketones (excluding diaryl/α,β-unsaturated/α-hetero) is 1. The molecule has 0 bridgehead atoms. The van der Waals surface area contributed by atoms with Gasteiger partial charge in [0.05, 0.1) is 24.3 Å². The Kier molecular flexibility index (Phi) is 5.81. The van der Waals surface area contributed by atoms with E-state index in [0.717, 1.165) is 27.8 Å². The molecule has 1 amide bonds. The van der Waals surface area contributed by atoms with Crippen molar-refractivity contribution < 1.29 is 19.4 Å². The van der Waals surface area contributed by atoms with E-state index >= 15 is 0 Å². The van der Waals surface area contributed by atoms with Gasteiger partial charge >= 0.3 is 0 Å². The molecule has 0 radical (unpaired) electrons. The van der Waals surface area contributed by atoms with Gasteiger partial charge in [0.2, 0.25) is 0 Å². The van der Waals surface area contributed by atoms with Gasteiger partial charge in [-0.25, -0.2) is 0 Å². The van der Waals surface area contributed by atoms with Crippen LogP contribution < -0.4 is 9.64 Å². The molecule has 1 heterocycles. The average Bonchev–Trinajstić information content (AvgIpc) is 3.04. The molecule has 1 aliphatic rings. The van der Waals surface area contributed by atoms with Crippen molar-refractivity contribution in [3.8, 4) is 5.75 Å². The molecule has 1 saturated heterocycles. The number of nitrogens with zero attached hydrogens (tertiary/aromatic N) is 1. The lowest BCUT2D eigenvalue weighted by molar-refractivity contribution is -0.132. The summed E-state index contributed by atoms with van der Waals surface area (Å²) >= 11 is 0. The van der Waals surface area contributed by atoms with E-state index < -0.39 is 17.7 Å². The number of carbonyl (C=O) groups is 2. The maximum atomic E-state index is 13.4. The summed E-state index contributed by atoms with van der Waals surface area (Å²) in [5, 5.41) is 11.5. The molecule has 3 aromatic carbocycles. The highest BCUT2D eigenvalue weighted by Crippen LogP contribution is 2.44.